The topological polar surface area (TPSA) is 156 Å². The predicted molar refractivity (Wildman–Crippen MR) is 202 cm³/mol. The molecular weight excluding hydrogens is 666 g/mol. The highest BCUT2D eigenvalue weighted by atomic mass is 16.5. The van der Waals surface area contributed by atoms with Gasteiger partial charge in [-0.15, -0.1) is 0 Å². The molecule has 0 aromatic heterocycles. The van der Waals surface area contributed by atoms with Gasteiger partial charge < -0.3 is 40.0 Å². The maximum Gasteiger partial charge on any atom is 0.325 e. The number of rotatable bonds is 16. The van der Waals surface area contributed by atoms with E-state index in [0.29, 0.717) is 13.0 Å². The van der Waals surface area contributed by atoms with Crippen molar-refractivity contribution in [3.05, 3.63) is 35.9 Å². The van der Waals surface area contributed by atoms with Gasteiger partial charge in [-0.1, -0.05) is 83.4 Å². The zero-order valence-corrected chi connectivity index (χ0v) is 33.4. The smallest absolute Gasteiger partial charge is 0.325 e. The molecule has 0 bridgehead atoms. The zero-order chi connectivity index (χ0) is 39.2. The van der Waals surface area contributed by atoms with Crippen LogP contribution in [0, 0.1) is 18.8 Å². The van der Waals surface area contributed by atoms with Gasteiger partial charge in [-0.05, 0) is 45.1 Å². The number of likely N-dealkylation sites (tertiary alicyclic amines) is 1. The summed E-state index contributed by atoms with van der Waals surface area (Å²) >= 11 is 0. The first-order valence-electron chi connectivity index (χ1n) is 18.8. The van der Waals surface area contributed by atoms with Crippen LogP contribution in [0.4, 0.5) is 0 Å². The van der Waals surface area contributed by atoms with Crippen LogP contribution in [-0.2, 0) is 38.2 Å². The van der Waals surface area contributed by atoms with E-state index in [1.54, 1.807) is 23.8 Å². The van der Waals surface area contributed by atoms with Gasteiger partial charge in [-0.25, -0.2) is 0 Å². The van der Waals surface area contributed by atoms with E-state index in [1.165, 1.54) is 33.3 Å². The van der Waals surface area contributed by atoms with Crippen molar-refractivity contribution in [3.63, 3.8) is 0 Å². The lowest BCUT2D eigenvalue weighted by atomic mass is 9.90. The Morgan fingerprint density at radius 1 is 0.942 bits per heavy atom. The molecule has 13 nitrogen and oxygen atoms in total. The first-order valence-corrected chi connectivity index (χ1v) is 18.8. The molecule has 0 spiro atoms. The number of ether oxygens (including phenoxy) is 3. The Hall–Kier alpha value is -3.55. The summed E-state index contributed by atoms with van der Waals surface area (Å²) in [6.07, 6.45) is 3.97. The number of carbonyl (C=O) groups excluding carboxylic acids is 5. The van der Waals surface area contributed by atoms with Gasteiger partial charge in [-0.3, -0.25) is 24.0 Å². The SMILES string of the molecule is CCC.CCC(C)C(C(CC(=O)N1CCCC1C(OC)C(C)C(=O)NCC(=O)OC)OC)N(C)C(=O)CNC(=O)C1CCCN1.Cc1ccccc1. The number of methoxy groups -OCH3 is 3. The van der Waals surface area contributed by atoms with Crippen molar-refractivity contribution in [1.29, 1.82) is 0 Å². The minimum absolute atomic E-state index is 0.0172. The highest BCUT2D eigenvalue weighted by Crippen LogP contribution is 2.29. The average molecular weight is 734 g/mol. The molecule has 296 valence electrons. The van der Waals surface area contributed by atoms with E-state index in [0.717, 1.165) is 32.2 Å². The highest BCUT2D eigenvalue weighted by molar-refractivity contribution is 5.88. The fraction of sp³-hybridized carbons (Fsp3) is 0.718. The fourth-order valence-electron chi connectivity index (χ4n) is 6.57. The zero-order valence-electron chi connectivity index (χ0n) is 33.4. The van der Waals surface area contributed by atoms with Crippen LogP contribution in [0.2, 0.25) is 0 Å². The largest absolute Gasteiger partial charge is 0.468 e. The van der Waals surface area contributed by atoms with Crippen molar-refractivity contribution in [2.45, 2.75) is 117 Å². The molecule has 2 fully saturated rings. The summed E-state index contributed by atoms with van der Waals surface area (Å²) in [5, 5.41) is 8.43. The molecule has 7 unspecified atom stereocenters. The molecule has 4 amide bonds. The summed E-state index contributed by atoms with van der Waals surface area (Å²) in [4.78, 5) is 66.9. The monoisotopic (exact) mass is 733 g/mol. The summed E-state index contributed by atoms with van der Waals surface area (Å²) in [5.74, 6) is -2.12. The van der Waals surface area contributed by atoms with Crippen LogP contribution in [0.15, 0.2) is 30.3 Å². The van der Waals surface area contributed by atoms with Gasteiger partial charge in [-0.2, -0.15) is 0 Å². The second-order valence-electron chi connectivity index (χ2n) is 13.7. The lowest BCUT2D eigenvalue weighted by Gasteiger charge is -2.39. The molecule has 2 saturated heterocycles. The standard InChI is InChI=1S/C29H51N5O8.C7H8.C3H8/c1-8-18(2)26(33(4)24(36)16-31-29(39)20-11-9-13-30-20)22(40-5)15-23(35)34-14-10-12-21(34)27(42-7)19(3)28(38)32-17-25(37)41-6;1-7-5-3-2-4-6-7;1-3-2/h18-22,26-27,30H,8-17H2,1-7H3,(H,31,39)(H,32,38);2-6H,1H3;3H2,1-2H3. The Bertz CT molecular complexity index is 1210. The minimum atomic E-state index is -0.623. The molecule has 0 aliphatic carbocycles. The normalized spacial score (nSPS) is 19.3. The number of aryl methyl sites for hydroxylation is 1. The second-order valence-corrected chi connectivity index (χ2v) is 13.7. The van der Waals surface area contributed by atoms with Gasteiger partial charge >= 0.3 is 5.97 Å². The number of hydrogen-bond donors (Lipinski definition) is 3. The Labute approximate surface area is 312 Å². The van der Waals surface area contributed by atoms with Crippen molar-refractivity contribution < 1.29 is 38.2 Å². The molecule has 3 N–H and O–H groups in total. The predicted octanol–water partition coefficient (Wildman–Crippen LogP) is 3.48. The first kappa shape index (κ1) is 46.5. The maximum atomic E-state index is 13.7. The van der Waals surface area contributed by atoms with Crippen LogP contribution in [0.3, 0.4) is 0 Å². The summed E-state index contributed by atoms with van der Waals surface area (Å²) in [7, 11) is 5.97. The van der Waals surface area contributed by atoms with E-state index >= 15 is 0 Å². The molecule has 2 aliphatic rings. The third kappa shape index (κ3) is 15.2. The first-order chi connectivity index (χ1) is 24.8. The number of likely N-dealkylation sites (N-methyl/N-ethyl adjacent to an activating group) is 1. The van der Waals surface area contributed by atoms with Gasteiger partial charge in [0, 0.05) is 27.8 Å². The number of carbonyl (C=O) groups is 5. The van der Waals surface area contributed by atoms with Crippen LogP contribution in [0.5, 0.6) is 0 Å². The average Bonchev–Trinajstić information content (AvgIpc) is 3.87. The highest BCUT2D eigenvalue weighted by Gasteiger charge is 2.42. The minimum Gasteiger partial charge on any atom is -0.468 e. The van der Waals surface area contributed by atoms with Crippen molar-refractivity contribution in [2.75, 3.05) is 54.6 Å². The molecule has 3 rings (SSSR count). The van der Waals surface area contributed by atoms with Crippen molar-refractivity contribution in [1.82, 2.24) is 25.8 Å². The van der Waals surface area contributed by atoms with Crippen LogP contribution in [0.25, 0.3) is 0 Å². The lowest BCUT2D eigenvalue weighted by Crippen LogP contribution is -2.54. The summed E-state index contributed by atoms with van der Waals surface area (Å²) in [6, 6.07) is 9.25. The molecule has 52 heavy (non-hydrogen) atoms. The summed E-state index contributed by atoms with van der Waals surface area (Å²) < 4.78 is 16.2. The van der Waals surface area contributed by atoms with Gasteiger partial charge in [0.05, 0.1) is 56.3 Å². The third-order valence-corrected chi connectivity index (χ3v) is 9.67. The van der Waals surface area contributed by atoms with E-state index in [4.69, 9.17) is 9.47 Å². The van der Waals surface area contributed by atoms with Gasteiger partial charge in [0.25, 0.3) is 0 Å². The van der Waals surface area contributed by atoms with Crippen molar-refractivity contribution in [2.24, 2.45) is 11.8 Å². The Morgan fingerprint density at radius 2 is 1.60 bits per heavy atom. The molecule has 1 aromatic rings. The van der Waals surface area contributed by atoms with Crippen LogP contribution in [-0.4, -0.2) is 124 Å². The quantitative estimate of drug-likeness (QED) is 0.217. The summed E-state index contributed by atoms with van der Waals surface area (Å²) in [6.45, 7) is 13.0. The number of nitrogens with one attached hydrogen (secondary N) is 3. The van der Waals surface area contributed by atoms with Crippen molar-refractivity contribution >= 4 is 29.6 Å². The van der Waals surface area contributed by atoms with Crippen molar-refractivity contribution in [3.8, 4) is 0 Å². The van der Waals surface area contributed by atoms with Gasteiger partial charge in [0.2, 0.25) is 23.6 Å². The molecule has 1 aromatic carbocycles. The molecule has 2 aliphatic heterocycles. The second kappa shape index (κ2) is 25.4. The number of hydrogen-bond acceptors (Lipinski definition) is 9. The Kier molecular flexibility index (Phi) is 22.7. The molecule has 2 heterocycles. The maximum absolute atomic E-state index is 13.7. The number of esters is 1. The number of benzene rings is 1. The molecule has 13 heteroatoms. The van der Waals surface area contributed by atoms with E-state index in [9.17, 15) is 24.0 Å². The number of nitrogens with zero attached hydrogens (tertiary/aromatic N) is 2. The molecule has 7 atom stereocenters. The van der Waals surface area contributed by atoms with Crippen LogP contribution >= 0.6 is 0 Å². The molecular formula is C39H67N5O8. The van der Waals surface area contributed by atoms with E-state index < -0.39 is 30.1 Å². The van der Waals surface area contributed by atoms with Crippen LogP contribution in [0.1, 0.15) is 85.1 Å². The Balaban J connectivity index is 0.00000117. The molecule has 0 radical (unpaired) electrons. The number of amides is 4. The molecule has 0 saturated carbocycles. The van der Waals surface area contributed by atoms with E-state index in [2.05, 4.69) is 53.6 Å². The van der Waals surface area contributed by atoms with Gasteiger partial charge in [0.1, 0.15) is 6.54 Å². The van der Waals surface area contributed by atoms with Gasteiger partial charge in [0.15, 0.2) is 0 Å². The third-order valence-electron chi connectivity index (χ3n) is 9.67. The van der Waals surface area contributed by atoms with E-state index in [1.807, 2.05) is 32.0 Å². The lowest BCUT2D eigenvalue weighted by molar-refractivity contribution is -0.146. The fourth-order valence-corrected chi connectivity index (χ4v) is 6.57. The summed E-state index contributed by atoms with van der Waals surface area (Å²) in [5.41, 5.74) is 1.32. The van der Waals surface area contributed by atoms with E-state index in [-0.39, 0.29) is 61.1 Å². The van der Waals surface area contributed by atoms with Crippen LogP contribution < -0.4 is 16.0 Å². The Morgan fingerprint density at radius 3 is 2.10 bits per heavy atom.